The molecule has 0 bridgehead atoms. The first kappa shape index (κ1) is 26.5. The van der Waals surface area contributed by atoms with Crippen LogP contribution in [0.3, 0.4) is 0 Å². The Labute approximate surface area is 215 Å². The Morgan fingerprint density at radius 2 is 1.92 bits per heavy atom. The SMILES string of the molecule is COc1cc(C(=O)NC2CCN(C)CC2)ccc1Nc1ncc2c(n1)N(C(C)C)CC(F)(F)C(=O)N2C. The van der Waals surface area contributed by atoms with E-state index in [0.717, 1.165) is 30.8 Å². The number of piperidine rings is 1. The summed E-state index contributed by atoms with van der Waals surface area (Å²) < 4.78 is 34.6. The summed E-state index contributed by atoms with van der Waals surface area (Å²) in [7, 11) is 4.84. The normalized spacial score (nSPS) is 18.4. The highest BCUT2D eigenvalue weighted by Crippen LogP contribution is 2.37. The van der Waals surface area contributed by atoms with Gasteiger partial charge in [0.2, 0.25) is 5.95 Å². The van der Waals surface area contributed by atoms with Gasteiger partial charge in [-0.05, 0) is 65.0 Å². The van der Waals surface area contributed by atoms with Crippen LogP contribution in [0.2, 0.25) is 0 Å². The third kappa shape index (κ3) is 5.58. The first-order valence-corrected chi connectivity index (χ1v) is 12.2. The maximum Gasteiger partial charge on any atom is 0.342 e. The number of anilines is 4. The van der Waals surface area contributed by atoms with Gasteiger partial charge in [0.15, 0.2) is 5.82 Å². The lowest BCUT2D eigenvalue weighted by Crippen LogP contribution is -2.47. The maximum absolute atomic E-state index is 14.6. The predicted molar refractivity (Wildman–Crippen MR) is 137 cm³/mol. The second kappa shape index (κ2) is 10.4. The fourth-order valence-electron chi connectivity index (χ4n) is 4.49. The Bertz CT molecular complexity index is 1170. The highest BCUT2D eigenvalue weighted by molar-refractivity contribution is 6.02. The smallest absolute Gasteiger partial charge is 0.342 e. The standard InChI is InChI=1S/C25H33F2N7O3/c1-15(2)34-14-25(26,27)23(36)33(4)19-13-28-24(31-21(19)34)30-18-7-6-16(12-20(18)37-5)22(35)29-17-8-10-32(3)11-9-17/h6-7,12-13,15,17H,8-11,14H2,1-5H3,(H,29,35)(H,28,30,31). The molecule has 2 aliphatic rings. The van der Waals surface area contributed by atoms with E-state index >= 15 is 0 Å². The van der Waals surface area contributed by atoms with E-state index in [1.54, 1.807) is 32.0 Å². The molecule has 2 amide bonds. The van der Waals surface area contributed by atoms with Gasteiger partial charge in [-0.2, -0.15) is 13.8 Å². The topological polar surface area (TPSA) is 103 Å². The van der Waals surface area contributed by atoms with Crippen molar-refractivity contribution in [3.05, 3.63) is 30.0 Å². The Hall–Kier alpha value is -3.54. The van der Waals surface area contributed by atoms with E-state index in [1.165, 1.54) is 25.3 Å². The Balaban J connectivity index is 1.57. The number of alkyl halides is 2. The molecule has 200 valence electrons. The van der Waals surface area contributed by atoms with E-state index in [4.69, 9.17) is 4.74 Å². The third-order valence-electron chi connectivity index (χ3n) is 6.76. The summed E-state index contributed by atoms with van der Waals surface area (Å²) in [4.78, 5) is 38.4. The van der Waals surface area contributed by atoms with Crippen LogP contribution in [-0.2, 0) is 4.79 Å². The molecule has 0 saturated carbocycles. The number of amides is 2. The maximum atomic E-state index is 14.6. The van der Waals surface area contributed by atoms with Crippen molar-refractivity contribution < 1.29 is 23.1 Å². The van der Waals surface area contributed by atoms with E-state index in [9.17, 15) is 18.4 Å². The lowest BCUT2D eigenvalue weighted by Gasteiger charge is -2.29. The van der Waals surface area contributed by atoms with Crippen LogP contribution in [-0.4, -0.2) is 85.5 Å². The van der Waals surface area contributed by atoms with Gasteiger partial charge in [0.1, 0.15) is 11.4 Å². The van der Waals surface area contributed by atoms with Crippen molar-refractivity contribution in [2.24, 2.45) is 0 Å². The third-order valence-corrected chi connectivity index (χ3v) is 6.76. The molecule has 2 N–H and O–H groups in total. The van der Waals surface area contributed by atoms with Gasteiger partial charge in [-0.15, -0.1) is 0 Å². The van der Waals surface area contributed by atoms with Crippen molar-refractivity contribution in [2.75, 3.05) is 56.0 Å². The van der Waals surface area contributed by atoms with Gasteiger partial charge in [-0.3, -0.25) is 9.59 Å². The molecule has 0 atom stereocenters. The molecule has 1 aromatic carbocycles. The highest BCUT2D eigenvalue weighted by Gasteiger charge is 2.47. The number of rotatable bonds is 6. The van der Waals surface area contributed by atoms with Crippen molar-refractivity contribution in [3.8, 4) is 5.75 Å². The van der Waals surface area contributed by atoms with Gasteiger partial charge < -0.3 is 30.1 Å². The Morgan fingerprint density at radius 3 is 2.57 bits per heavy atom. The predicted octanol–water partition coefficient (Wildman–Crippen LogP) is 2.88. The van der Waals surface area contributed by atoms with Gasteiger partial charge in [-0.1, -0.05) is 0 Å². The fraction of sp³-hybridized carbons (Fsp3) is 0.520. The largest absolute Gasteiger partial charge is 0.495 e. The minimum atomic E-state index is -3.57. The Morgan fingerprint density at radius 1 is 1.22 bits per heavy atom. The number of methoxy groups -OCH3 is 1. The second-order valence-corrected chi connectivity index (χ2v) is 9.78. The average Bonchev–Trinajstić information content (AvgIpc) is 2.94. The van der Waals surface area contributed by atoms with Gasteiger partial charge in [-0.25, -0.2) is 4.98 Å². The minimum absolute atomic E-state index is 0.127. The fourth-order valence-corrected chi connectivity index (χ4v) is 4.49. The van der Waals surface area contributed by atoms with Gasteiger partial charge in [0.25, 0.3) is 11.8 Å². The van der Waals surface area contributed by atoms with E-state index in [0.29, 0.717) is 17.0 Å². The van der Waals surface area contributed by atoms with Gasteiger partial charge >= 0.3 is 5.92 Å². The summed E-state index contributed by atoms with van der Waals surface area (Å²) in [5.41, 5.74) is 1.14. The van der Waals surface area contributed by atoms with Crippen LogP contribution in [0.4, 0.5) is 31.9 Å². The van der Waals surface area contributed by atoms with Crippen LogP contribution in [0.1, 0.15) is 37.0 Å². The van der Waals surface area contributed by atoms with Crippen LogP contribution in [0.5, 0.6) is 5.75 Å². The summed E-state index contributed by atoms with van der Waals surface area (Å²) in [5, 5.41) is 6.13. The molecule has 3 heterocycles. The molecule has 1 fully saturated rings. The lowest BCUT2D eigenvalue weighted by molar-refractivity contribution is -0.140. The summed E-state index contributed by atoms with van der Waals surface area (Å²) in [5.74, 6) is -4.31. The first-order chi connectivity index (χ1) is 17.5. The molecule has 12 heteroatoms. The summed E-state index contributed by atoms with van der Waals surface area (Å²) in [6, 6.07) is 4.77. The molecule has 0 radical (unpaired) electrons. The van der Waals surface area contributed by atoms with Crippen LogP contribution in [0.15, 0.2) is 24.4 Å². The molecule has 0 spiro atoms. The molecule has 10 nitrogen and oxygen atoms in total. The monoisotopic (exact) mass is 517 g/mol. The molecule has 0 unspecified atom stereocenters. The molecule has 2 aromatic rings. The second-order valence-electron chi connectivity index (χ2n) is 9.78. The van der Waals surface area contributed by atoms with E-state index < -0.39 is 18.4 Å². The summed E-state index contributed by atoms with van der Waals surface area (Å²) >= 11 is 0. The molecule has 2 aliphatic heterocycles. The summed E-state index contributed by atoms with van der Waals surface area (Å²) in [6.45, 7) is 4.59. The van der Waals surface area contributed by atoms with Gasteiger partial charge in [0, 0.05) is 24.7 Å². The zero-order chi connectivity index (χ0) is 26.9. The number of hydrogen-bond donors (Lipinski definition) is 2. The number of likely N-dealkylation sites (tertiary alicyclic amines) is 1. The Kier molecular flexibility index (Phi) is 7.49. The number of hydrogen-bond acceptors (Lipinski definition) is 8. The van der Waals surface area contributed by atoms with Crippen molar-refractivity contribution >= 4 is 35.0 Å². The zero-order valence-corrected chi connectivity index (χ0v) is 21.7. The number of nitrogens with one attached hydrogen (secondary N) is 2. The summed E-state index contributed by atoms with van der Waals surface area (Å²) in [6.07, 6.45) is 3.14. The number of halogens is 2. The molecule has 1 saturated heterocycles. The number of carbonyl (C=O) groups excluding carboxylic acids is 2. The number of benzene rings is 1. The first-order valence-electron chi connectivity index (χ1n) is 12.2. The van der Waals surface area contributed by atoms with Crippen molar-refractivity contribution in [1.82, 2.24) is 20.2 Å². The number of ether oxygens (including phenoxy) is 1. The average molecular weight is 518 g/mol. The molecular formula is C25H33F2N7O3. The van der Waals surface area contributed by atoms with Crippen LogP contribution in [0.25, 0.3) is 0 Å². The molecular weight excluding hydrogens is 484 g/mol. The lowest BCUT2D eigenvalue weighted by atomic mass is 10.0. The van der Waals surface area contributed by atoms with Crippen molar-refractivity contribution in [2.45, 2.75) is 44.7 Å². The minimum Gasteiger partial charge on any atom is -0.495 e. The van der Waals surface area contributed by atoms with E-state index in [1.807, 2.05) is 0 Å². The number of nitrogens with zero attached hydrogens (tertiary/aromatic N) is 5. The highest BCUT2D eigenvalue weighted by atomic mass is 19.3. The zero-order valence-electron chi connectivity index (χ0n) is 21.7. The van der Waals surface area contributed by atoms with E-state index in [2.05, 4.69) is 32.5 Å². The number of fused-ring (bicyclic) bond motifs is 1. The van der Waals surface area contributed by atoms with E-state index in [-0.39, 0.29) is 35.4 Å². The van der Waals surface area contributed by atoms with Crippen LogP contribution < -0.4 is 25.2 Å². The molecule has 37 heavy (non-hydrogen) atoms. The van der Waals surface area contributed by atoms with Crippen molar-refractivity contribution in [3.63, 3.8) is 0 Å². The van der Waals surface area contributed by atoms with Crippen LogP contribution >= 0.6 is 0 Å². The number of aromatic nitrogens is 2. The van der Waals surface area contributed by atoms with Crippen LogP contribution in [0, 0.1) is 0 Å². The quantitative estimate of drug-likeness (QED) is 0.603. The van der Waals surface area contributed by atoms with Crippen molar-refractivity contribution in [1.29, 1.82) is 0 Å². The molecule has 1 aromatic heterocycles. The number of carbonyl (C=O) groups is 2. The van der Waals surface area contributed by atoms with Gasteiger partial charge in [0.05, 0.1) is 25.5 Å². The molecule has 0 aliphatic carbocycles. The molecule has 4 rings (SSSR count).